The zero-order valence-corrected chi connectivity index (χ0v) is 20.0. The molecule has 0 bridgehead atoms. The average molecular weight is 470 g/mol. The van der Waals surface area contributed by atoms with Gasteiger partial charge >= 0.3 is 0 Å². The van der Waals surface area contributed by atoms with Crippen molar-refractivity contribution in [1.29, 1.82) is 0 Å². The fourth-order valence-electron chi connectivity index (χ4n) is 5.08. The summed E-state index contributed by atoms with van der Waals surface area (Å²) in [5.74, 6) is -0.260. The highest BCUT2D eigenvalue weighted by atomic mass is 16.2. The summed E-state index contributed by atoms with van der Waals surface area (Å²) in [6, 6.07) is 39.1. The van der Waals surface area contributed by atoms with Gasteiger partial charge in [-0.25, -0.2) is 5.01 Å². The number of hydrogen-bond acceptors (Lipinski definition) is 2. The van der Waals surface area contributed by atoms with Crippen LogP contribution in [-0.2, 0) is 17.9 Å². The quantitative estimate of drug-likeness (QED) is 0.276. The van der Waals surface area contributed by atoms with Gasteiger partial charge < -0.3 is 4.57 Å². The number of carbonyl (C=O) groups excluding carboxylic acids is 1. The van der Waals surface area contributed by atoms with Crippen LogP contribution in [0.15, 0.2) is 127 Å². The molecule has 1 aromatic heterocycles. The van der Waals surface area contributed by atoms with E-state index in [2.05, 4.69) is 71.4 Å². The number of hydrogen-bond donors (Lipinski definition) is 0. The maximum absolute atomic E-state index is 13.9. The monoisotopic (exact) mass is 469 g/mol. The molecular weight excluding hydrogens is 442 g/mol. The summed E-state index contributed by atoms with van der Waals surface area (Å²) in [4.78, 5) is 13.9. The second-order valence-corrected chi connectivity index (χ2v) is 9.27. The van der Waals surface area contributed by atoms with Gasteiger partial charge in [0.2, 0.25) is 0 Å². The van der Waals surface area contributed by atoms with Crippen LogP contribution in [0, 0.1) is 0 Å². The van der Waals surface area contributed by atoms with Crippen molar-refractivity contribution in [2.45, 2.75) is 25.4 Å². The molecule has 0 fully saturated rings. The molecule has 4 nitrogen and oxygen atoms in total. The van der Waals surface area contributed by atoms with Crippen molar-refractivity contribution >= 4 is 22.5 Å². The predicted molar refractivity (Wildman–Crippen MR) is 145 cm³/mol. The van der Waals surface area contributed by atoms with Crippen LogP contribution in [-0.4, -0.2) is 21.2 Å². The van der Waals surface area contributed by atoms with Crippen LogP contribution in [0.1, 0.15) is 34.6 Å². The maximum atomic E-state index is 13.9. The van der Waals surface area contributed by atoms with Crippen molar-refractivity contribution < 1.29 is 4.79 Å². The molecule has 0 saturated heterocycles. The van der Waals surface area contributed by atoms with Crippen molar-refractivity contribution in [2.24, 2.45) is 5.10 Å². The first-order valence-electron chi connectivity index (χ1n) is 12.4. The second-order valence-electron chi connectivity index (χ2n) is 9.27. The van der Waals surface area contributed by atoms with Crippen molar-refractivity contribution in [3.63, 3.8) is 0 Å². The lowest BCUT2D eigenvalue weighted by Gasteiger charge is -2.30. The normalized spacial score (nSPS) is 15.8. The van der Waals surface area contributed by atoms with E-state index in [0.29, 0.717) is 13.0 Å². The van der Waals surface area contributed by atoms with E-state index in [1.54, 1.807) is 5.01 Å². The third-order valence-corrected chi connectivity index (χ3v) is 6.86. The van der Waals surface area contributed by atoms with Crippen LogP contribution in [0.3, 0.4) is 0 Å². The number of rotatable bonds is 6. The highest BCUT2D eigenvalue weighted by Gasteiger charge is 2.34. The number of amides is 1. The van der Waals surface area contributed by atoms with Crippen LogP contribution in [0.25, 0.3) is 10.9 Å². The Balaban J connectivity index is 1.43. The first-order chi connectivity index (χ1) is 17.8. The van der Waals surface area contributed by atoms with E-state index in [1.807, 2.05) is 54.6 Å². The molecule has 4 aromatic carbocycles. The van der Waals surface area contributed by atoms with E-state index in [1.165, 1.54) is 5.56 Å². The third-order valence-electron chi connectivity index (χ3n) is 6.86. The lowest BCUT2D eigenvalue weighted by atomic mass is 9.88. The first-order valence-corrected chi connectivity index (χ1v) is 12.4. The standard InChI is InChI=1S/C32H27N3O/c36-32-28(29-23-34(21-24-12-4-1-5-13-24)31-19-11-10-18-27(29)31)20-30(26-16-8-3-9-17-26)33-35(32)22-25-14-6-2-7-15-25/h1-19,23,28H,20-22H2. The van der Waals surface area contributed by atoms with Gasteiger partial charge in [-0.1, -0.05) is 109 Å². The molecule has 2 heterocycles. The molecule has 36 heavy (non-hydrogen) atoms. The molecule has 6 rings (SSSR count). The van der Waals surface area contributed by atoms with Crippen molar-refractivity contribution in [3.05, 3.63) is 144 Å². The van der Waals surface area contributed by atoms with Crippen molar-refractivity contribution in [3.8, 4) is 0 Å². The summed E-state index contributed by atoms with van der Waals surface area (Å²) in [5, 5.41) is 7.64. The molecule has 1 amide bonds. The van der Waals surface area contributed by atoms with Crippen molar-refractivity contribution in [2.75, 3.05) is 0 Å². The number of fused-ring (bicyclic) bond motifs is 1. The molecule has 0 spiro atoms. The summed E-state index contributed by atoms with van der Waals surface area (Å²) < 4.78 is 2.27. The highest BCUT2D eigenvalue weighted by molar-refractivity contribution is 6.07. The fraction of sp³-hybridized carbons (Fsp3) is 0.125. The molecule has 5 aromatic rings. The number of hydrazone groups is 1. The highest BCUT2D eigenvalue weighted by Crippen LogP contribution is 2.35. The summed E-state index contributed by atoms with van der Waals surface area (Å²) >= 11 is 0. The Bertz CT molecular complexity index is 1520. The van der Waals surface area contributed by atoms with Gasteiger partial charge in [-0.2, -0.15) is 5.10 Å². The maximum Gasteiger partial charge on any atom is 0.250 e. The minimum absolute atomic E-state index is 0.0427. The van der Waals surface area contributed by atoms with Gasteiger partial charge in [0.25, 0.3) is 5.91 Å². The second kappa shape index (κ2) is 9.67. The van der Waals surface area contributed by atoms with Gasteiger partial charge in [0, 0.05) is 30.1 Å². The summed E-state index contributed by atoms with van der Waals surface area (Å²) in [5.41, 5.74) is 6.50. The molecule has 1 unspecified atom stereocenters. The molecule has 0 N–H and O–H groups in total. The van der Waals surface area contributed by atoms with Gasteiger partial charge in [0.15, 0.2) is 0 Å². The molecule has 1 atom stereocenters. The summed E-state index contributed by atoms with van der Waals surface area (Å²) in [6.45, 7) is 1.21. The molecule has 0 radical (unpaired) electrons. The molecule has 0 aliphatic carbocycles. The zero-order chi connectivity index (χ0) is 24.3. The molecule has 0 saturated carbocycles. The molecule has 1 aliphatic rings. The summed E-state index contributed by atoms with van der Waals surface area (Å²) in [6.07, 6.45) is 2.75. The number of aromatic nitrogens is 1. The first kappa shape index (κ1) is 22.1. The van der Waals surface area contributed by atoms with Crippen LogP contribution in [0.5, 0.6) is 0 Å². The molecule has 176 valence electrons. The van der Waals surface area contributed by atoms with Gasteiger partial charge in [-0.15, -0.1) is 0 Å². The van der Waals surface area contributed by atoms with Crippen LogP contribution < -0.4 is 0 Å². The van der Waals surface area contributed by atoms with Gasteiger partial charge in [-0.05, 0) is 28.3 Å². The van der Waals surface area contributed by atoms with Crippen LogP contribution in [0.2, 0.25) is 0 Å². The molecule has 1 aliphatic heterocycles. The van der Waals surface area contributed by atoms with E-state index < -0.39 is 0 Å². The molecule has 4 heteroatoms. The number of para-hydroxylation sites is 1. The van der Waals surface area contributed by atoms with E-state index in [-0.39, 0.29) is 11.8 Å². The smallest absolute Gasteiger partial charge is 0.250 e. The third kappa shape index (κ3) is 4.34. The summed E-state index contributed by atoms with van der Waals surface area (Å²) in [7, 11) is 0. The number of nitrogens with zero attached hydrogens (tertiary/aromatic N) is 3. The van der Waals surface area contributed by atoms with E-state index >= 15 is 0 Å². The average Bonchev–Trinajstić information content (AvgIpc) is 3.29. The Hall–Kier alpha value is -4.44. The Kier molecular flexibility index (Phi) is 5.92. The minimum Gasteiger partial charge on any atom is -0.343 e. The Morgan fingerprint density at radius 3 is 1.97 bits per heavy atom. The van der Waals surface area contributed by atoms with Crippen LogP contribution in [0.4, 0.5) is 0 Å². The Labute approximate surface area is 211 Å². The SMILES string of the molecule is O=C1C(c2cn(Cc3ccccc3)c3ccccc23)CC(c2ccccc2)=NN1Cc1ccccc1. The van der Waals surface area contributed by atoms with E-state index in [9.17, 15) is 4.79 Å². The fourth-order valence-corrected chi connectivity index (χ4v) is 5.08. The topological polar surface area (TPSA) is 37.6 Å². The Morgan fingerprint density at radius 1 is 0.694 bits per heavy atom. The van der Waals surface area contributed by atoms with Gasteiger partial charge in [0.1, 0.15) is 0 Å². The Morgan fingerprint density at radius 2 is 1.28 bits per heavy atom. The molecular formula is C32H27N3O. The zero-order valence-electron chi connectivity index (χ0n) is 20.0. The predicted octanol–water partition coefficient (Wildman–Crippen LogP) is 6.61. The largest absolute Gasteiger partial charge is 0.343 e. The van der Waals surface area contributed by atoms with E-state index in [0.717, 1.165) is 39.8 Å². The number of benzene rings is 4. The van der Waals surface area contributed by atoms with Gasteiger partial charge in [-0.3, -0.25) is 4.79 Å². The minimum atomic E-state index is -0.302. The van der Waals surface area contributed by atoms with E-state index in [4.69, 9.17) is 5.10 Å². The lowest BCUT2D eigenvalue weighted by molar-refractivity contribution is -0.134. The van der Waals surface area contributed by atoms with Crippen LogP contribution >= 0.6 is 0 Å². The van der Waals surface area contributed by atoms with Crippen molar-refractivity contribution in [1.82, 2.24) is 9.58 Å². The van der Waals surface area contributed by atoms with Gasteiger partial charge in [0.05, 0.1) is 18.2 Å². The number of carbonyl (C=O) groups is 1. The lowest BCUT2D eigenvalue weighted by Crippen LogP contribution is -2.37.